The van der Waals surface area contributed by atoms with Crippen LogP contribution in [0.3, 0.4) is 0 Å². The molecule has 0 N–H and O–H groups in total. The Kier molecular flexibility index (Phi) is 3.23. The summed E-state index contributed by atoms with van der Waals surface area (Å²) in [5.74, 6) is 0. The van der Waals surface area contributed by atoms with Crippen molar-refractivity contribution in [3.8, 4) is 0 Å². The number of carbonyl (C=O) groups is 1. The summed E-state index contributed by atoms with van der Waals surface area (Å²) < 4.78 is 3.35. The van der Waals surface area contributed by atoms with Crippen LogP contribution >= 0.6 is 22.6 Å². The van der Waals surface area contributed by atoms with Gasteiger partial charge in [-0.1, -0.05) is 0 Å². The number of hydrogen-bond acceptors (Lipinski definition) is 2. The average molecular weight is 355 g/mol. The molecule has 0 saturated carbocycles. The third-order valence-electron chi connectivity index (χ3n) is 3.55. The molecule has 1 amide bonds. The first kappa shape index (κ1) is 12.0. The molecule has 1 saturated heterocycles. The van der Waals surface area contributed by atoms with Gasteiger partial charge in [0, 0.05) is 22.0 Å². The lowest BCUT2D eigenvalue weighted by Crippen LogP contribution is -2.33. The number of piperidine rings is 1. The average Bonchev–Trinajstić information content (AvgIpc) is 2.81. The Balaban J connectivity index is 1.89. The molecule has 1 aromatic carbocycles. The molecule has 94 valence electrons. The smallest absolute Gasteiger partial charge is 0.209 e. The molecule has 0 atom stereocenters. The molecule has 1 fully saturated rings. The number of benzene rings is 1. The standard InChI is InChI=1S/C13H14IN3O/c14-11-1-2-13-10(7-11)8-15-17(13)12-3-5-16(9-18)6-4-12/h1-2,7-9,12H,3-6H2. The van der Waals surface area contributed by atoms with E-state index >= 15 is 0 Å². The van der Waals surface area contributed by atoms with Gasteiger partial charge in [-0.15, -0.1) is 0 Å². The fourth-order valence-electron chi connectivity index (χ4n) is 2.55. The molecule has 0 radical (unpaired) electrons. The lowest BCUT2D eigenvalue weighted by atomic mass is 10.1. The van der Waals surface area contributed by atoms with Crippen molar-refractivity contribution in [3.05, 3.63) is 28.0 Å². The summed E-state index contributed by atoms with van der Waals surface area (Å²) in [6, 6.07) is 6.82. The fraction of sp³-hybridized carbons (Fsp3) is 0.385. The van der Waals surface area contributed by atoms with Gasteiger partial charge in [0.2, 0.25) is 6.41 Å². The second kappa shape index (κ2) is 4.87. The summed E-state index contributed by atoms with van der Waals surface area (Å²) in [7, 11) is 0. The monoisotopic (exact) mass is 355 g/mol. The van der Waals surface area contributed by atoms with E-state index in [1.165, 1.54) is 14.5 Å². The van der Waals surface area contributed by atoms with E-state index in [4.69, 9.17) is 0 Å². The van der Waals surface area contributed by atoms with Crippen LogP contribution in [-0.4, -0.2) is 34.2 Å². The van der Waals surface area contributed by atoms with Crippen LogP contribution in [0.15, 0.2) is 24.4 Å². The van der Waals surface area contributed by atoms with Crippen molar-refractivity contribution in [2.75, 3.05) is 13.1 Å². The molecule has 3 rings (SSSR count). The topological polar surface area (TPSA) is 38.1 Å². The summed E-state index contributed by atoms with van der Waals surface area (Å²) in [4.78, 5) is 12.5. The number of carbonyl (C=O) groups excluding carboxylic acids is 1. The largest absolute Gasteiger partial charge is 0.345 e. The molecule has 18 heavy (non-hydrogen) atoms. The Morgan fingerprint density at radius 3 is 2.83 bits per heavy atom. The summed E-state index contributed by atoms with van der Waals surface area (Å²) >= 11 is 2.32. The Bertz CT molecular complexity index is 573. The maximum absolute atomic E-state index is 10.7. The van der Waals surface area contributed by atoms with Gasteiger partial charge in [0.25, 0.3) is 0 Å². The Morgan fingerprint density at radius 1 is 1.33 bits per heavy atom. The van der Waals surface area contributed by atoms with Crippen molar-refractivity contribution in [3.63, 3.8) is 0 Å². The van der Waals surface area contributed by atoms with Crippen LogP contribution in [-0.2, 0) is 4.79 Å². The first-order valence-corrected chi connectivity index (χ1v) is 7.18. The van der Waals surface area contributed by atoms with Crippen LogP contribution < -0.4 is 0 Å². The summed E-state index contributed by atoms with van der Waals surface area (Å²) in [6.45, 7) is 1.67. The maximum Gasteiger partial charge on any atom is 0.209 e. The zero-order chi connectivity index (χ0) is 12.5. The highest BCUT2D eigenvalue weighted by atomic mass is 127. The molecule has 1 aliphatic rings. The number of amides is 1. The predicted octanol–water partition coefficient (Wildman–Crippen LogP) is 2.43. The molecule has 4 nitrogen and oxygen atoms in total. The Hall–Kier alpha value is -1.11. The minimum Gasteiger partial charge on any atom is -0.345 e. The SMILES string of the molecule is O=CN1CCC(n2ncc3cc(I)ccc32)CC1. The number of nitrogens with zero attached hydrogens (tertiary/aromatic N) is 3. The number of hydrogen-bond donors (Lipinski definition) is 0. The summed E-state index contributed by atoms with van der Waals surface area (Å²) in [6.07, 6.45) is 4.85. The van der Waals surface area contributed by atoms with Crippen molar-refractivity contribution in [2.24, 2.45) is 0 Å². The van der Waals surface area contributed by atoms with E-state index in [0.717, 1.165) is 32.3 Å². The number of halogens is 1. The number of fused-ring (bicyclic) bond motifs is 1. The van der Waals surface area contributed by atoms with Crippen molar-refractivity contribution in [1.82, 2.24) is 14.7 Å². The van der Waals surface area contributed by atoms with Crippen molar-refractivity contribution in [2.45, 2.75) is 18.9 Å². The Labute approximate surface area is 119 Å². The minimum absolute atomic E-state index is 0.416. The number of likely N-dealkylation sites (tertiary alicyclic amines) is 1. The minimum atomic E-state index is 0.416. The molecule has 1 aromatic heterocycles. The lowest BCUT2D eigenvalue weighted by molar-refractivity contribution is -0.119. The van der Waals surface area contributed by atoms with E-state index in [1.807, 2.05) is 11.1 Å². The van der Waals surface area contributed by atoms with Gasteiger partial charge >= 0.3 is 0 Å². The second-order valence-corrected chi connectivity index (χ2v) is 5.91. The zero-order valence-corrected chi connectivity index (χ0v) is 12.1. The van der Waals surface area contributed by atoms with E-state index in [2.05, 4.69) is 50.6 Å². The number of rotatable bonds is 2. The van der Waals surface area contributed by atoms with E-state index in [1.54, 1.807) is 0 Å². The first-order chi connectivity index (χ1) is 8.78. The third kappa shape index (κ3) is 2.11. The van der Waals surface area contributed by atoms with Gasteiger partial charge < -0.3 is 4.90 Å². The zero-order valence-electron chi connectivity index (χ0n) is 9.92. The van der Waals surface area contributed by atoms with Gasteiger partial charge in [0.1, 0.15) is 0 Å². The maximum atomic E-state index is 10.7. The molecule has 0 unspecified atom stereocenters. The van der Waals surface area contributed by atoms with Crippen LogP contribution in [0, 0.1) is 3.57 Å². The molecule has 0 spiro atoms. The van der Waals surface area contributed by atoms with Gasteiger partial charge in [-0.2, -0.15) is 5.10 Å². The second-order valence-electron chi connectivity index (χ2n) is 4.66. The third-order valence-corrected chi connectivity index (χ3v) is 4.22. The van der Waals surface area contributed by atoms with Crippen molar-refractivity contribution < 1.29 is 4.79 Å². The lowest BCUT2D eigenvalue weighted by Gasteiger charge is -2.29. The summed E-state index contributed by atoms with van der Waals surface area (Å²) in [5.41, 5.74) is 1.19. The highest BCUT2D eigenvalue weighted by Crippen LogP contribution is 2.26. The van der Waals surface area contributed by atoms with Crippen LogP contribution in [0.2, 0.25) is 0 Å². The first-order valence-electron chi connectivity index (χ1n) is 6.10. The van der Waals surface area contributed by atoms with E-state index in [0.29, 0.717) is 6.04 Å². The van der Waals surface area contributed by atoms with Crippen LogP contribution in [0.4, 0.5) is 0 Å². The van der Waals surface area contributed by atoms with Crippen molar-refractivity contribution in [1.29, 1.82) is 0 Å². The Morgan fingerprint density at radius 2 is 2.11 bits per heavy atom. The van der Waals surface area contributed by atoms with Gasteiger partial charge in [-0.25, -0.2) is 0 Å². The number of aromatic nitrogens is 2. The molecule has 2 heterocycles. The van der Waals surface area contributed by atoms with E-state index in [-0.39, 0.29) is 0 Å². The molecular formula is C13H14IN3O. The molecule has 5 heteroatoms. The van der Waals surface area contributed by atoms with Crippen LogP contribution in [0.1, 0.15) is 18.9 Å². The molecule has 0 bridgehead atoms. The quantitative estimate of drug-likeness (QED) is 0.613. The van der Waals surface area contributed by atoms with Crippen molar-refractivity contribution >= 4 is 39.9 Å². The van der Waals surface area contributed by atoms with Gasteiger partial charge in [0.15, 0.2) is 0 Å². The molecule has 1 aliphatic heterocycles. The normalized spacial score (nSPS) is 17.3. The van der Waals surface area contributed by atoms with Gasteiger partial charge in [-0.3, -0.25) is 9.48 Å². The predicted molar refractivity (Wildman–Crippen MR) is 78.4 cm³/mol. The fourth-order valence-corrected chi connectivity index (χ4v) is 3.07. The van der Waals surface area contributed by atoms with E-state index in [9.17, 15) is 4.79 Å². The van der Waals surface area contributed by atoms with Crippen LogP contribution in [0.25, 0.3) is 10.9 Å². The molecular weight excluding hydrogens is 341 g/mol. The van der Waals surface area contributed by atoms with Gasteiger partial charge in [0.05, 0.1) is 17.8 Å². The highest BCUT2D eigenvalue weighted by molar-refractivity contribution is 14.1. The molecule has 0 aliphatic carbocycles. The highest BCUT2D eigenvalue weighted by Gasteiger charge is 2.21. The van der Waals surface area contributed by atoms with E-state index < -0.39 is 0 Å². The summed E-state index contributed by atoms with van der Waals surface area (Å²) in [5, 5.41) is 5.71. The van der Waals surface area contributed by atoms with Gasteiger partial charge in [-0.05, 0) is 53.6 Å². The molecule has 2 aromatic rings. The van der Waals surface area contributed by atoms with Crippen LogP contribution in [0.5, 0.6) is 0 Å².